The summed E-state index contributed by atoms with van der Waals surface area (Å²) in [4.78, 5) is 30.7. The van der Waals surface area contributed by atoms with Crippen molar-refractivity contribution in [2.75, 3.05) is 13.6 Å². The van der Waals surface area contributed by atoms with Crippen molar-refractivity contribution in [3.8, 4) is 11.5 Å². The highest BCUT2D eigenvalue weighted by molar-refractivity contribution is 5.95. The van der Waals surface area contributed by atoms with Gasteiger partial charge in [-0.25, -0.2) is 4.39 Å². The zero-order valence-electron chi connectivity index (χ0n) is 19.4. The molecule has 180 valence electrons. The molecule has 1 unspecified atom stereocenters. The third kappa shape index (κ3) is 6.00. The van der Waals surface area contributed by atoms with Crippen molar-refractivity contribution in [1.82, 2.24) is 20.4 Å². The molecule has 0 aliphatic rings. The van der Waals surface area contributed by atoms with Crippen LogP contribution in [0, 0.1) is 5.82 Å². The molecular weight excluding hydrogens is 451 g/mol. The summed E-state index contributed by atoms with van der Waals surface area (Å²) in [5.74, 6) is 0.366. The Hall–Kier alpha value is -4.27. The molecule has 0 spiro atoms. The van der Waals surface area contributed by atoms with Gasteiger partial charge in [0.1, 0.15) is 11.6 Å². The number of nitrogens with zero attached hydrogens (tertiary/aromatic N) is 3. The van der Waals surface area contributed by atoms with Crippen molar-refractivity contribution in [3.05, 3.63) is 95.5 Å². The molecule has 0 fully saturated rings. The molecule has 4 rings (SSSR count). The Balaban J connectivity index is 1.31. The Morgan fingerprint density at radius 2 is 1.86 bits per heavy atom. The standard InChI is InChI=1S/C26H25FN4O4/c1-17(16-20-6-5-15-34-20)28-24(32)18-9-11-19(12-10-18)25-29-23(30-35-25)13-14-31(2)26(33)21-7-3-4-8-22(21)27/h3-12,15,17H,13-14,16H2,1-2H3,(H,28,32). The first kappa shape index (κ1) is 23.9. The summed E-state index contributed by atoms with van der Waals surface area (Å²) < 4.78 is 24.5. The van der Waals surface area contributed by atoms with Gasteiger partial charge < -0.3 is 19.2 Å². The Morgan fingerprint density at radius 3 is 2.57 bits per heavy atom. The van der Waals surface area contributed by atoms with Crippen LogP contribution in [0.3, 0.4) is 0 Å². The van der Waals surface area contributed by atoms with Crippen LogP contribution in [-0.4, -0.2) is 46.5 Å². The van der Waals surface area contributed by atoms with E-state index in [4.69, 9.17) is 8.94 Å². The fourth-order valence-corrected chi connectivity index (χ4v) is 3.54. The van der Waals surface area contributed by atoms with Gasteiger partial charge in [-0.3, -0.25) is 9.59 Å². The second-order valence-corrected chi connectivity index (χ2v) is 8.21. The predicted octanol–water partition coefficient (Wildman–Crippen LogP) is 4.14. The largest absolute Gasteiger partial charge is 0.469 e. The van der Waals surface area contributed by atoms with E-state index in [1.54, 1.807) is 43.6 Å². The van der Waals surface area contributed by atoms with Gasteiger partial charge in [0.15, 0.2) is 5.82 Å². The lowest BCUT2D eigenvalue weighted by atomic mass is 10.1. The number of likely N-dealkylation sites (N-methyl/N-ethyl adjacent to an activating group) is 1. The van der Waals surface area contributed by atoms with Gasteiger partial charge in [0, 0.05) is 43.6 Å². The molecule has 0 aliphatic carbocycles. The molecule has 0 bridgehead atoms. The zero-order chi connectivity index (χ0) is 24.8. The molecule has 1 N–H and O–H groups in total. The number of hydrogen-bond donors (Lipinski definition) is 1. The Kier molecular flexibility index (Phi) is 7.35. The smallest absolute Gasteiger partial charge is 0.257 e. The number of nitrogens with one attached hydrogen (secondary N) is 1. The number of hydrogen-bond acceptors (Lipinski definition) is 6. The van der Waals surface area contributed by atoms with E-state index in [-0.39, 0.29) is 17.5 Å². The lowest BCUT2D eigenvalue weighted by Gasteiger charge is -2.16. The topological polar surface area (TPSA) is 101 Å². The summed E-state index contributed by atoms with van der Waals surface area (Å²) in [6.45, 7) is 2.21. The SMILES string of the molecule is CC(Cc1ccco1)NC(=O)c1ccc(-c2nc(CCN(C)C(=O)c3ccccc3F)no2)cc1. The van der Waals surface area contributed by atoms with Crippen molar-refractivity contribution in [1.29, 1.82) is 0 Å². The maximum absolute atomic E-state index is 13.9. The summed E-state index contributed by atoms with van der Waals surface area (Å²) in [5, 5.41) is 6.90. The predicted molar refractivity (Wildman–Crippen MR) is 126 cm³/mol. The van der Waals surface area contributed by atoms with E-state index in [0.717, 1.165) is 5.76 Å². The first-order valence-electron chi connectivity index (χ1n) is 11.2. The van der Waals surface area contributed by atoms with Crippen LogP contribution in [0.1, 0.15) is 39.2 Å². The van der Waals surface area contributed by atoms with Crippen LogP contribution in [0.25, 0.3) is 11.5 Å². The van der Waals surface area contributed by atoms with Crippen molar-refractivity contribution in [3.63, 3.8) is 0 Å². The summed E-state index contributed by atoms with van der Waals surface area (Å²) in [6, 6.07) is 16.3. The quantitative estimate of drug-likeness (QED) is 0.390. The number of rotatable bonds is 9. The van der Waals surface area contributed by atoms with E-state index in [1.165, 1.54) is 23.1 Å². The highest BCUT2D eigenvalue weighted by Crippen LogP contribution is 2.18. The fraction of sp³-hybridized carbons (Fsp3) is 0.231. The average Bonchev–Trinajstić information content (AvgIpc) is 3.55. The maximum Gasteiger partial charge on any atom is 0.257 e. The van der Waals surface area contributed by atoms with Crippen molar-refractivity contribution >= 4 is 11.8 Å². The lowest BCUT2D eigenvalue weighted by molar-refractivity contribution is 0.0790. The summed E-state index contributed by atoms with van der Waals surface area (Å²) in [5.41, 5.74) is 1.19. The number of furan rings is 1. The van der Waals surface area contributed by atoms with Crippen LogP contribution in [0.2, 0.25) is 0 Å². The Morgan fingerprint density at radius 1 is 1.09 bits per heavy atom. The van der Waals surface area contributed by atoms with Crippen LogP contribution < -0.4 is 5.32 Å². The van der Waals surface area contributed by atoms with Crippen LogP contribution in [0.15, 0.2) is 75.9 Å². The molecule has 4 aromatic rings. The van der Waals surface area contributed by atoms with Crippen LogP contribution in [-0.2, 0) is 12.8 Å². The van der Waals surface area contributed by atoms with E-state index in [2.05, 4.69) is 15.5 Å². The highest BCUT2D eigenvalue weighted by atomic mass is 19.1. The minimum atomic E-state index is -0.560. The van der Waals surface area contributed by atoms with Crippen molar-refractivity contribution in [2.24, 2.45) is 0 Å². The van der Waals surface area contributed by atoms with Gasteiger partial charge in [-0.1, -0.05) is 17.3 Å². The third-order valence-electron chi connectivity index (χ3n) is 5.45. The lowest BCUT2D eigenvalue weighted by Crippen LogP contribution is -2.33. The molecule has 35 heavy (non-hydrogen) atoms. The molecular formula is C26H25FN4O4. The molecule has 2 heterocycles. The van der Waals surface area contributed by atoms with E-state index in [0.29, 0.717) is 42.2 Å². The Bertz CT molecular complexity index is 1280. The maximum atomic E-state index is 13.9. The molecule has 2 aromatic carbocycles. The zero-order valence-corrected chi connectivity index (χ0v) is 19.4. The number of benzene rings is 2. The minimum Gasteiger partial charge on any atom is -0.469 e. The average molecular weight is 477 g/mol. The van der Waals surface area contributed by atoms with Crippen LogP contribution in [0.5, 0.6) is 0 Å². The Labute approximate surface area is 201 Å². The van der Waals surface area contributed by atoms with E-state index in [1.807, 2.05) is 19.1 Å². The molecule has 9 heteroatoms. The van der Waals surface area contributed by atoms with E-state index >= 15 is 0 Å². The molecule has 1 atom stereocenters. The number of aromatic nitrogens is 2. The van der Waals surface area contributed by atoms with Gasteiger partial charge >= 0.3 is 0 Å². The molecule has 0 saturated carbocycles. The summed E-state index contributed by atoms with van der Waals surface area (Å²) in [6.07, 6.45) is 2.55. The first-order chi connectivity index (χ1) is 16.9. The number of halogens is 1. The normalized spacial score (nSPS) is 11.7. The molecule has 2 aromatic heterocycles. The molecule has 0 aliphatic heterocycles. The first-order valence-corrected chi connectivity index (χ1v) is 11.2. The summed E-state index contributed by atoms with van der Waals surface area (Å²) >= 11 is 0. The van der Waals surface area contributed by atoms with E-state index < -0.39 is 11.7 Å². The highest BCUT2D eigenvalue weighted by Gasteiger charge is 2.17. The third-order valence-corrected chi connectivity index (χ3v) is 5.45. The van der Waals surface area contributed by atoms with Gasteiger partial charge in [-0.15, -0.1) is 0 Å². The molecule has 0 radical (unpaired) electrons. The molecule has 0 saturated heterocycles. The molecule has 8 nitrogen and oxygen atoms in total. The van der Waals surface area contributed by atoms with Crippen molar-refractivity contribution in [2.45, 2.75) is 25.8 Å². The van der Waals surface area contributed by atoms with Crippen molar-refractivity contribution < 1.29 is 22.9 Å². The summed E-state index contributed by atoms with van der Waals surface area (Å²) in [7, 11) is 1.59. The minimum absolute atomic E-state index is 0.0169. The number of carbonyl (C=O) groups is 2. The number of amides is 2. The van der Waals surface area contributed by atoms with Crippen LogP contribution in [0.4, 0.5) is 4.39 Å². The van der Waals surface area contributed by atoms with Gasteiger partial charge in [-0.05, 0) is 55.5 Å². The van der Waals surface area contributed by atoms with Gasteiger partial charge in [0.05, 0.1) is 11.8 Å². The monoisotopic (exact) mass is 476 g/mol. The molecule has 2 amide bonds. The fourth-order valence-electron chi connectivity index (χ4n) is 3.54. The van der Waals surface area contributed by atoms with Crippen LogP contribution >= 0.6 is 0 Å². The van der Waals surface area contributed by atoms with Gasteiger partial charge in [-0.2, -0.15) is 4.98 Å². The van der Waals surface area contributed by atoms with Gasteiger partial charge in [0.25, 0.3) is 17.7 Å². The second-order valence-electron chi connectivity index (χ2n) is 8.21. The van der Waals surface area contributed by atoms with E-state index in [9.17, 15) is 14.0 Å². The second kappa shape index (κ2) is 10.8. The van der Waals surface area contributed by atoms with Gasteiger partial charge in [0.2, 0.25) is 0 Å². The number of carbonyl (C=O) groups excluding carboxylic acids is 2.